The zero-order chi connectivity index (χ0) is 16.2. The molecule has 1 saturated heterocycles. The standard InChI is InChI=1S/C17H27N3O2/c1-17(2,18)16(21)19-12-14(20-10-6-7-11-20)13-8-4-5-9-15(13)22-3/h4-5,8-9,14H,6-7,10-12,18H2,1-3H3,(H,19,21). The van der Waals surface area contributed by atoms with Crippen molar-refractivity contribution in [3.8, 4) is 5.75 Å². The topological polar surface area (TPSA) is 67.6 Å². The number of ether oxygens (including phenoxy) is 1. The molecule has 1 aromatic carbocycles. The fourth-order valence-corrected chi connectivity index (χ4v) is 2.85. The zero-order valence-electron chi connectivity index (χ0n) is 13.8. The number of likely N-dealkylation sites (tertiary alicyclic amines) is 1. The first-order chi connectivity index (χ1) is 10.4. The summed E-state index contributed by atoms with van der Waals surface area (Å²) >= 11 is 0. The van der Waals surface area contributed by atoms with E-state index in [1.165, 1.54) is 12.8 Å². The van der Waals surface area contributed by atoms with Gasteiger partial charge < -0.3 is 15.8 Å². The van der Waals surface area contributed by atoms with Crippen molar-refractivity contribution in [3.05, 3.63) is 29.8 Å². The second-order valence-corrected chi connectivity index (χ2v) is 6.43. The number of benzene rings is 1. The number of nitrogens with two attached hydrogens (primary N) is 1. The summed E-state index contributed by atoms with van der Waals surface area (Å²) in [5.41, 5.74) is 6.11. The number of hydrogen-bond donors (Lipinski definition) is 2. The minimum atomic E-state index is -0.865. The highest BCUT2D eigenvalue weighted by Gasteiger charge is 2.28. The molecule has 22 heavy (non-hydrogen) atoms. The van der Waals surface area contributed by atoms with Crippen molar-refractivity contribution in [2.75, 3.05) is 26.7 Å². The van der Waals surface area contributed by atoms with Gasteiger partial charge in [-0.15, -0.1) is 0 Å². The largest absolute Gasteiger partial charge is 0.496 e. The average molecular weight is 305 g/mol. The second kappa shape index (κ2) is 7.11. The van der Waals surface area contributed by atoms with Gasteiger partial charge in [0.15, 0.2) is 0 Å². The Balaban J connectivity index is 2.18. The van der Waals surface area contributed by atoms with Crippen molar-refractivity contribution in [1.82, 2.24) is 10.2 Å². The van der Waals surface area contributed by atoms with Crippen LogP contribution in [0.4, 0.5) is 0 Å². The van der Waals surface area contributed by atoms with Gasteiger partial charge >= 0.3 is 0 Å². The van der Waals surface area contributed by atoms with Gasteiger partial charge in [-0.1, -0.05) is 18.2 Å². The highest BCUT2D eigenvalue weighted by atomic mass is 16.5. The Labute approximate surface area is 132 Å². The lowest BCUT2D eigenvalue weighted by Crippen LogP contribution is -2.51. The van der Waals surface area contributed by atoms with E-state index in [9.17, 15) is 4.79 Å². The molecule has 5 nitrogen and oxygen atoms in total. The molecule has 3 N–H and O–H groups in total. The van der Waals surface area contributed by atoms with Gasteiger partial charge in [-0.25, -0.2) is 0 Å². The summed E-state index contributed by atoms with van der Waals surface area (Å²) in [6.45, 7) is 6.07. The molecule has 1 atom stereocenters. The molecule has 1 fully saturated rings. The molecule has 0 aromatic heterocycles. The molecule has 5 heteroatoms. The molecule has 0 saturated carbocycles. The first-order valence-electron chi connectivity index (χ1n) is 7.87. The van der Waals surface area contributed by atoms with Crippen LogP contribution in [0.1, 0.15) is 38.3 Å². The van der Waals surface area contributed by atoms with Crippen LogP contribution in [0, 0.1) is 0 Å². The average Bonchev–Trinajstić information content (AvgIpc) is 3.01. The third-order valence-corrected chi connectivity index (χ3v) is 4.12. The third-order valence-electron chi connectivity index (χ3n) is 4.12. The van der Waals surface area contributed by atoms with Gasteiger partial charge in [0.25, 0.3) is 0 Å². The van der Waals surface area contributed by atoms with E-state index in [2.05, 4.69) is 16.3 Å². The fraction of sp³-hybridized carbons (Fsp3) is 0.588. The highest BCUT2D eigenvalue weighted by molar-refractivity contribution is 5.85. The van der Waals surface area contributed by atoms with Crippen molar-refractivity contribution in [3.63, 3.8) is 0 Å². The van der Waals surface area contributed by atoms with Crippen LogP contribution in [0.3, 0.4) is 0 Å². The number of amides is 1. The maximum absolute atomic E-state index is 12.1. The number of hydrogen-bond acceptors (Lipinski definition) is 4. The molecular formula is C17H27N3O2. The smallest absolute Gasteiger partial charge is 0.239 e. The van der Waals surface area contributed by atoms with E-state index in [-0.39, 0.29) is 11.9 Å². The normalized spacial score (nSPS) is 17.3. The van der Waals surface area contributed by atoms with Gasteiger partial charge in [-0.3, -0.25) is 9.69 Å². The lowest BCUT2D eigenvalue weighted by atomic mass is 10.0. The fourth-order valence-electron chi connectivity index (χ4n) is 2.85. The molecule has 1 unspecified atom stereocenters. The quantitative estimate of drug-likeness (QED) is 0.839. The van der Waals surface area contributed by atoms with Crippen LogP contribution < -0.4 is 15.8 Å². The van der Waals surface area contributed by atoms with Crippen molar-refractivity contribution < 1.29 is 9.53 Å². The second-order valence-electron chi connectivity index (χ2n) is 6.43. The predicted molar refractivity (Wildman–Crippen MR) is 87.8 cm³/mol. The molecule has 0 spiro atoms. The number of para-hydroxylation sites is 1. The van der Waals surface area contributed by atoms with Gasteiger partial charge in [0.2, 0.25) is 5.91 Å². The molecule has 1 aromatic rings. The maximum atomic E-state index is 12.1. The van der Waals surface area contributed by atoms with Gasteiger partial charge in [0.05, 0.1) is 18.7 Å². The predicted octanol–water partition coefficient (Wildman–Crippen LogP) is 1.69. The number of carbonyl (C=O) groups is 1. The van der Waals surface area contributed by atoms with E-state index in [0.717, 1.165) is 24.4 Å². The number of nitrogens with zero attached hydrogens (tertiary/aromatic N) is 1. The first kappa shape index (κ1) is 16.8. The van der Waals surface area contributed by atoms with Crippen molar-refractivity contribution in [2.24, 2.45) is 5.73 Å². The Hall–Kier alpha value is -1.59. The van der Waals surface area contributed by atoms with Crippen LogP contribution in [-0.2, 0) is 4.79 Å². The third kappa shape index (κ3) is 3.99. The number of nitrogens with one attached hydrogen (secondary N) is 1. The van der Waals surface area contributed by atoms with E-state index in [1.54, 1.807) is 21.0 Å². The first-order valence-corrected chi connectivity index (χ1v) is 7.87. The van der Waals surface area contributed by atoms with Crippen LogP contribution in [0.5, 0.6) is 5.75 Å². The Morgan fingerprint density at radius 1 is 1.36 bits per heavy atom. The van der Waals surface area contributed by atoms with Crippen LogP contribution >= 0.6 is 0 Å². The summed E-state index contributed by atoms with van der Waals surface area (Å²) in [5.74, 6) is 0.729. The summed E-state index contributed by atoms with van der Waals surface area (Å²) in [5, 5.41) is 2.99. The van der Waals surface area contributed by atoms with Crippen LogP contribution in [0.2, 0.25) is 0 Å². The number of methoxy groups -OCH3 is 1. The van der Waals surface area contributed by atoms with E-state index in [1.807, 2.05) is 18.2 Å². The zero-order valence-corrected chi connectivity index (χ0v) is 13.8. The highest BCUT2D eigenvalue weighted by Crippen LogP contribution is 2.31. The molecule has 2 rings (SSSR count). The van der Waals surface area contributed by atoms with E-state index >= 15 is 0 Å². The van der Waals surface area contributed by atoms with Gasteiger partial charge in [0, 0.05) is 12.1 Å². The van der Waals surface area contributed by atoms with Crippen molar-refractivity contribution in [1.29, 1.82) is 0 Å². The number of carbonyl (C=O) groups excluding carboxylic acids is 1. The Bertz CT molecular complexity index is 505. The Morgan fingerprint density at radius 2 is 2.00 bits per heavy atom. The molecule has 122 valence electrons. The summed E-state index contributed by atoms with van der Waals surface area (Å²) in [7, 11) is 1.68. The van der Waals surface area contributed by atoms with E-state index < -0.39 is 5.54 Å². The van der Waals surface area contributed by atoms with Crippen LogP contribution in [0.15, 0.2) is 24.3 Å². The molecule has 1 aliphatic heterocycles. The monoisotopic (exact) mass is 305 g/mol. The Kier molecular flexibility index (Phi) is 5.42. The van der Waals surface area contributed by atoms with Gasteiger partial charge in [-0.05, 0) is 45.8 Å². The molecule has 0 aliphatic carbocycles. The van der Waals surface area contributed by atoms with Gasteiger partial charge in [-0.2, -0.15) is 0 Å². The summed E-state index contributed by atoms with van der Waals surface area (Å²) in [6, 6.07) is 8.12. The lowest BCUT2D eigenvalue weighted by Gasteiger charge is -2.30. The maximum Gasteiger partial charge on any atom is 0.239 e. The molecule has 1 amide bonds. The van der Waals surface area contributed by atoms with E-state index in [4.69, 9.17) is 10.5 Å². The van der Waals surface area contributed by atoms with Gasteiger partial charge in [0.1, 0.15) is 5.75 Å². The summed E-state index contributed by atoms with van der Waals surface area (Å²) in [6.07, 6.45) is 2.39. The molecular weight excluding hydrogens is 278 g/mol. The Morgan fingerprint density at radius 3 is 2.59 bits per heavy atom. The van der Waals surface area contributed by atoms with Crippen LogP contribution in [-0.4, -0.2) is 43.1 Å². The summed E-state index contributed by atoms with van der Waals surface area (Å²) < 4.78 is 5.50. The molecule has 1 aliphatic rings. The van der Waals surface area contributed by atoms with E-state index in [0.29, 0.717) is 6.54 Å². The number of rotatable bonds is 6. The minimum absolute atomic E-state index is 0.116. The molecule has 1 heterocycles. The minimum Gasteiger partial charge on any atom is -0.496 e. The molecule has 0 radical (unpaired) electrons. The molecule has 0 bridgehead atoms. The summed E-state index contributed by atoms with van der Waals surface area (Å²) in [4.78, 5) is 14.5. The lowest BCUT2D eigenvalue weighted by molar-refractivity contribution is -0.125. The van der Waals surface area contributed by atoms with Crippen molar-refractivity contribution >= 4 is 5.91 Å². The van der Waals surface area contributed by atoms with Crippen LogP contribution in [0.25, 0.3) is 0 Å². The SMILES string of the molecule is COc1ccccc1C(CNC(=O)C(C)(C)N)N1CCCC1. The van der Waals surface area contributed by atoms with Crippen molar-refractivity contribution in [2.45, 2.75) is 38.3 Å².